The minimum absolute atomic E-state index is 0.0704. The molecule has 0 atom stereocenters. The van der Waals surface area contributed by atoms with Crippen LogP contribution in [0.1, 0.15) is 11.1 Å². The molecule has 2 N–H and O–H groups in total. The summed E-state index contributed by atoms with van der Waals surface area (Å²) in [5.41, 5.74) is 2.85. The predicted molar refractivity (Wildman–Crippen MR) is 61.9 cm³/mol. The van der Waals surface area contributed by atoms with Crippen LogP contribution in [0, 0.1) is 0 Å². The van der Waals surface area contributed by atoms with E-state index in [4.69, 9.17) is 5.73 Å². The molecule has 0 spiro atoms. The molecule has 0 bridgehead atoms. The third-order valence-electron chi connectivity index (χ3n) is 2.64. The Morgan fingerprint density at radius 1 is 0.810 bits per heavy atom. The van der Waals surface area contributed by atoms with Gasteiger partial charge in [-0.15, -0.1) is 10.2 Å². The maximum Gasteiger partial charge on any atom is 0.420 e. The van der Waals surface area contributed by atoms with Crippen LogP contribution in [-0.2, 0) is 12.4 Å². The fraction of sp³-hybridized carbons (Fsp3) is 0.167. The molecule has 2 aromatic rings. The van der Waals surface area contributed by atoms with Gasteiger partial charge in [0.05, 0.1) is 11.3 Å². The first-order valence-corrected chi connectivity index (χ1v) is 5.47. The van der Waals surface area contributed by atoms with Gasteiger partial charge in [0, 0.05) is 5.56 Å². The average Bonchev–Trinajstić information content (AvgIpc) is 2.37. The van der Waals surface area contributed by atoms with E-state index in [1.165, 1.54) is 0 Å². The van der Waals surface area contributed by atoms with Crippen molar-refractivity contribution in [1.82, 2.24) is 10.2 Å². The highest BCUT2D eigenvalue weighted by atomic mass is 19.4. The number of nitrogens with zero attached hydrogens (tertiary/aromatic N) is 2. The van der Waals surface area contributed by atoms with E-state index in [1.807, 2.05) is 0 Å². The molecular formula is C12H7F6N3. The Bertz CT molecular complexity index is 646. The minimum atomic E-state index is -4.72. The van der Waals surface area contributed by atoms with Gasteiger partial charge in [0.15, 0.2) is 5.82 Å². The summed E-state index contributed by atoms with van der Waals surface area (Å²) in [4.78, 5) is 0. The van der Waals surface area contributed by atoms with Crippen molar-refractivity contribution >= 4 is 5.82 Å². The van der Waals surface area contributed by atoms with Crippen LogP contribution in [-0.4, -0.2) is 10.2 Å². The van der Waals surface area contributed by atoms with Gasteiger partial charge in [0.2, 0.25) is 0 Å². The van der Waals surface area contributed by atoms with Crippen molar-refractivity contribution in [3.63, 3.8) is 0 Å². The summed E-state index contributed by atoms with van der Waals surface area (Å²) in [7, 11) is 0. The molecule has 0 unspecified atom stereocenters. The normalized spacial score (nSPS) is 12.5. The molecule has 1 aromatic heterocycles. The lowest BCUT2D eigenvalue weighted by atomic mass is 10.1. The van der Waals surface area contributed by atoms with Crippen LogP contribution in [0.2, 0.25) is 0 Å². The highest BCUT2D eigenvalue weighted by molar-refractivity contribution is 5.62. The highest BCUT2D eigenvalue weighted by Crippen LogP contribution is 2.35. The first-order valence-electron chi connectivity index (χ1n) is 5.47. The Kier molecular flexibility index (Phi) is 3.52. The van der Waals surface area contributed by atoms with E-state index in [1.54, 1.807) is 0 Å². The van der Waals surface area contributed by atoms with Crippen LogP contribution >= 0.6 is 0 Å². The van der Waals surface area contributed by atoms with Crippen LogP contribution in [0.25, 0.3) is 11.3 Å². The maximum absolute atomic E-state index is 12.7. The van der Waals surface area contributed by atoms with Crippen molar-refractivity contribution < 1.29 is 26.3 Å². The molecule has 0 aliphatic carbocycles. The van der Waals surface area contributed by atoms with E-state index in [9.17, 15) is 26.3 Å². The Morgan fingerprint density at radius 3 is 1.86 bits per heavy atom. The zero-order chi connectivity index (χ0) is 15.8. The van der Waals surface area contributed by atoms with Gasteiger partial charge in [0.1, 0.15) is 5.56 Å². The molecule has 0 aliphatic rings. The number of nitrogen functional groups attached to an aromatic ring is 1. The van der Waals surface area contributed by atoms with Gasteiger partial charge in [-0.1, -0.05) is 12.1 Å². The lowest BCUT2D eigenvalue weighted by molar-refractivity contribution is -0.138. The van der Waals surface area contributed by atoms with Crippen molar-refractivity contribution in [3.05, 3.63) is 41.5 Å². The van der Waals surface area contributed by atoms with Crippen molar-refractivity contribution in [2.45, 2.75) is 12.4 Å². The molecule has 0 aliphatic heterocycles. The largest absolute Gasteiger partial charge is 0.420 e. The molecule has 3 nitrogen and oxygen atoms in total. The highest BCUT2D eigenvalue weighted by Gasteiger charge is 2.35. The van der Waals surface area contributed by atoms with Crippen LogP contribution in [0.5, 0.6) is 0 Å². The van der Waals surface area contributed by atoms with E-state index < -0.39 is 29.3 Å². The smallest absolute Gasteiger partial charge is 0.382 e. The maximum atomic E-state index is 12.7. The topological polar surface area (TPSA) is 51.8 Å². The monoisotopic (exact) mass is 307 g/mol. The molecule has 0 radical (unpaired) electrons. The second-order valence-corrected chi connectivity index (χ2v) is 4.10. The van der Waals surface area contributed by atoms with Crippen molar-refractivity contribution in [1.29, 1.82) is 0 Å². The second kappa shape index (κ2) is 4.90. The van der Waals surface area contributed by atoms with E-state index in [0.717, 1.165) is 24.3 Å². The number of hydrogen-bond acceptors (Lipinski definition) is 3. The standard InChI is InChI=1S/C12H7F6N3/c13-11(14,15)7-3-1-6(2-4-7)9-5-8(12(16,17)18)10(19)21-20-9/h1-5H,(H2,19,21). The minimum Gasteiger partial charge on any atom is -0.382 e. The molecule has 1 aromatic carbocycles. The van der Waals surface area contributed by atoms with Crippen LogP contribution in [0.15, 0.2) is 30.3 Å². The number of alkyl halides is 6. The Hall–Kier alpha value is -2.32. The van der Waals surface area contributed by atoms with Gasteiger partial charge >= 0.3 is 12.4 Å². The first-order chi connectivity index (χ1) is 9.59. The molecule has 0 saturated heterocycles. The van der Waals surface area contributed by atoms with Crippen molar-refractivity contribution in [2.75, 3.05) is 5.73 Å². The van der Waals surface area contributed by atoms with Gasteiger partial charge in [-0.3, -0.25) is 0 Å². The number of nitrogens with two attached hydrogens (primary N) is 1. The summed E-state index contributed by atoms with van der Waals surface area (Å²) in [6.45, 7) is 0. The van der Waals surface area contributed by atoms with E-state index in [-0.39, 0.29) is 11.3 Å². The van der Waals surface area contributed by atoms with Crippen molar-refractivity contribution in [2.24, 2.45) is 0 Å². The first kappa shape index (κ1) is 15.1. The number of anilines is 1. The summed E-state index contributed by atoms with van der Waals surface area (Å²) in [5, 5.41) is 6.64. The molecule has 0 fully saturated rings. The van der Waals surface area contributed by atoms with Gasteiger partial charge in [-0.25, -0.2) is 0 Å². The quantitative estimate of drug-likeness (QED) is 0.816. The summed E-state index contributed by atoms with van der Waals surface area (Å²) in [6.07, 6.45) is -9.25. The molecular weight excluding hydrogens is 300 g/mol. The summed E-state index contributed by atoms with van der Waals surface area (Å²) >= 11 is 0. The Balaban J connectivity index is 2.44. The summed E-state index contributed by atoms with van der Waals surface area (Å²) in [5.74, 6) is -0.793. The molecule has 0 amide bonds. The van der Waals surface area contributed by atoms with E-state index in [0.29, 0.717) is 6.07 Å². The Labute approximate surface area is 114 Å². The molecule has 9 heteroatoms. The number of halogens is 6. The second-order valence-electron chi connectivity index (χ2n) is 4.10. The lowest BCUT2D eigenvalue weighted by Gasteiger charge is -2.11. The molecule has 21 heavy (non-hydrogen) atoms. The number of aromatic nitrogens is 2. The summed E-state index contributed by atoms with van der Waals surface area (Å²) in [6, 6.07) is 4.18. The van der Waals surface area contributed by atoms with Gasteiger partial charge < -0.3 is 5.73 Å². The third-order valence-corrected chi connectivity index (χ3v) is 2.64. The van der Waals surface area contributed by atoms with E-state index >= 15 is 0 Å². The SMILES string of the molecule is Nc1nnc(-c2ccc(C(F)(F)F)cc2)cc1C(F)(F)F. The fourth-order valence-corrected chi connectivity index (χ4v) is 1.60. The zero-order valence-electron chi connectivity index (χ0n) is 10.1. The summed E-state index contributed by atoms with van der Waals surface area (Å²) < 4.78 is 75.2. The third kappa shape index (κ3) is 3.23. The molecule has 1 heterocycles. The van der Waals surface area contributed by atoms with Crippen LogP contribution < -0.4 is 5.73 Å². The average molecular weight is 307 g/mol. The number of benzene rings is 1. The molecule has 112 valence electrons. The Morgan fingerprint density at radius 2 is 1.38 bits per heavy atom. The number of rotatable bonds is 1. The molecule has 0 saturated carbocycles. The fourth-order valence-electron chi connectivity index (χ4n) is 1.60. The van der Waals surface area contributed by atoms with Gasteiger partial charge in [0.25, 0.3) is 0 Å². The van der Waals surface area contributed by atoms with Gasteiger partial charge in [-0.05, 0) is 18.2 Å². The zero-order valence-corrected chi connectivity index (χ0v) is 10.1. The van der Waals surface area contributed by atoms with Crippen LogP contribution in [0.4, 0.5) is 32.2 Å². The lowest BCUT2D eigenvalue weighted by Crippen LogP contribution is -2.11. The van der Waals surface area contributed by atoms with Crippen LogP contribution in [0.3, 0.4) is 0 Å². The molecule has 2 rings (SSSR count). The number of hydrogen-bond donors (Lipinski definition) is 1. The van der Waals surface area contributed by atoms with Crippen molar-refractivity contribution in [3.8, 4) is 11.3 Å². The van der Waals surface area contributed by atoms with Gasteiger partial charge in [-0.2, -0.15) is 26.3 Å². The van der Waals surface area contributed by atoms with E-state index in [2.05, 4.69) is 10.2 Å². The predicted octanol–water partition coefficient (Wildman–Crippen LogP) is 3.76.